The van der Waals surface area contributed by atoms with Crippen molar-refractivity contribution in [1.29, 1.82) is 0 Å². The van der Waals surface area contributed by atoms with Gasteiger partial charge in [0.05, 0.1) is 0 Å². The number of hydrogen-bond donors (Lipinski definition) is 0. The van der Waals surface area contributed by atoms with Crippen LogP contribution in [0.3, 0.4) is 0 Å². The second kappa shape index (κ2) is 17.3. The van der Waals surface area contributed by atoms with Gasteiger partial charge in [-0.25, -0.2) is 17.6 Å². The SMILES string of the molecule is C1CCC(P(C2CCCCC2)C2CCCCC2)CC1.Fc1c(F)c(F)c2c(c1F)C1C=CC2C=C1.[C-]#Cc1ccccc1.[Ir]. The first-order valence-electron chi connectivity index (χ1n) is 16.5. The molecule has 6 aliphatic rings. The number of rotatable bonds is 3. The number of allylic oxidation sites excluding steroid dienone is 4. The fourth-order valence-electron chi connectivity index (χ4n) is 7.86. The van der Waals surface area contributed by atoms with Crippen LogP contribution in [0.15, 0.2) is 54.6 Å². The van der Waals surface area contributed by atoms with Crippen molar-refractivity contribution in [2.24, 2.45) is 0 Å². The summed E-state index contributed by atoms with van der Waals surface area (Å²) in [6, 6.07) is 9.37. The average molecular weight is 800 g/mol. The molecule has 2 aromatic carbocycles. The maximum atomic E-state index is 13.5. The first-order chi connectivity index (χ1) is 21.0. The molecule has 239 valence electrons. The summed E-state index contributed by atoms with van der Waals surface area (Å²) in [6.07, 6.45) is 37.0. The van der Waals surface area contributed by atoms with E-state index < -0.39 is 35.1 Å². The van der Waals surface area contributed by atoms with Crippen molar-refractivity contribution in [2.45, 2.75) is 125 Å². The Labute approximate surface area is 276 Å². The third-order valence-corrected chi connectivity index (χ3v) is 14.0. The summed E-state index contributed by atoms with van der Waals surface area (Å²) >= 11 is 0. The third-order valence-electron chi connectivity index (χ3n) is 9.97. The van der Waals surface area contributed by atoms with Gasteiger partial charge in [0, 0.05) is 43.1 Å². The summed E-state index contributed by atoms with van der Waals surface area (Å²) in [7, 11) is 0.385. The van der Waals surface area contributed by atoms with Crippen LogP contribution in [0.2, 0.25) is 0 Å². The van der Waals surface area contributed by atoms with Gasteiger partial charge in [0.25, 0.3) is 0 Å². The molecule has 3 fully saturated rings. The second-order valence-electron chi connectivity index (χ2n) is 12.7. The Morgan fingerprint density at radius 2 is 0.864 bits per heavy atom. The van der Waals surface area contributed by atoms with Crippen LogP contribution in [0.5, 0.6) is 0 Å². The maximum absolute atomic E-state index is 13.5. The van der Waals surface area contributed by atoms with E-state index in [2.05, 4.69) is 5.92 Å². The van der Waals surface area contributed by atoms with E-state index in [1.165, 1.54) is 36.2 Å². The number of halogens is 4. The van der Waals surface area contributed by atoms with Crippen LogP contribution in [-0.4, -0.2) is 17.0 Å². The molecule has 0 spiro atoms. The van der Waals surface area contributed by atoms with Gasteiger partial charge in [0.15, 0.2) is 23.3 Å². The van der Waals surface area contributed by atoms with Crippen LogP contribution in [0, 0.1) is 35.6 Å². The summed E-state index contributed by atoms with van der Waals surface area (Å²) in [4.78, 5) is 0. The van der Waals surface area contributed by atoms with E-state index in [0.29, 0.717) is 7.92 Å². The van der Waals surface area contributed by atoms with Crippen molar-refractivity contribution in [1.82, 2.24) is 0 Å². The summed E-state index contributed by atoms with van der Waals surface area (Å²) < 4.78 is 53.2. The minimum atomic E-state index is -1.73. The molecular weight excluding hydrogens is 756 g/mol. The Kier molecular flexibility index (Phi) is 13.8. The molecule has 0 atom stereocenters. The quantitative estimate of drug-likeness (QED) is 0.0552. The van der Waals surface area contributed by atoms with Crippen LogP contribution in [-0.2, 0) is 20.1 Å². The average Bonchev–Trinajstić information content (AvgIpc) is 3.09. The van der Waals surface area contributed by atoms with Gasteiger partial charge in [0.2, 0.25) is 0 Å². The molecule has 8 rings (SSSR count). The zero-order valence-corrected chi connectivity index (χ0v) is 28.8. The smallest absolute Gasteiger partial charge is 0.197 e. The van der Waals surface area contributed by atoms with Crippen molar-refractivity contribution in [3.63, 3.8) is 0 Å². The van der Waals surface area contributed by atoms with Crippen molar-refractivity contribution < 1.29 is 37.7 Å². The molecule has 0 aromatic heterocycles. The van der Waals surface area contributed by atoms with Gasteiger partial charge in [-0.05, 0) is 55.5 Å². The van der Waals surface area contributed by atoms with Gasteiger partial charge in [-0.15, -0.1) is 17.7 Å². The van der Waals surface area contributed by atoms with Crippen molar-refractivity contribution >= 4 is 7.92 Å². The topological polar surface area (TPSA) is 0 Å². The normalized spacial score (nSPS) is 23.0. The molecule has 2 aromatic rings. The Morgan fingerprint density at radius 3 is 1.16 bits per heavy atom. The summed E-state index contributed by atoms with van der Waals surface area (Å²) in [6.45, 7) is 0. The molecule has 6 heteroatoms. The predicted molar refractivity (Wildman–Crippen MR) is 170 cm³/mol. The molecule has 3 saturated carbocycles. The summed E-state index contributed by atoms with van der Waals surface area (Å²) in [5, 5.41) is 0. The Bertz CT molecular complexity index is 1190. The number of hydrogen-bond acceptors (Lipinski definition) is 0. The van der Waals surface area contributed by atoms with Crippen LogP contribution in [0.4, 0.5) is 17.6 Å². The van der Waals surface area contributed by atoms with Gasteiger partial charge in [-0.1, -0.05) is 108 Å². The van der Waals surface area contributed by atoms with Crippen LogP contribution >= 0.6 is 7.92 Å². The first-order valence-corrected chi connectivity index (χ1v) is 18.0. The molecule has 6 aliphatic carbocycles. The Balaban J connectivity index is 0.000000160. The first kappa shape index (κ1) is 35.1. The van der Waals surface area contributed by atoms with Gasteiger partial charge in [-0.3, -0.25) is 5.92 Å². The molecule has 0 unspecified atom stereocenters. The van der Waals surface area contributed by atoms with E-state index in [-0.39, 0.29) is 31.2 Å². The number of benzene rings is 2. The molecule has 2 bridgehead atoms. The molecule has 0 nitrogen and oxygen atoms in total. The molecule has 0 heterocycles. The zero-order valence-electron chi connectivity index (χ0n) is 25.5. The third kappa shape index (κ3) is 8.35. The zero-order chi connectivity index (χ0) is 30.2. The van der Waals surface area contributed by atoms with Crippen LogP contribution in [0.1, 0.15) is 125 Å². The molecule has 0 aliphatic heterocycles. The molecule has 0 N–H and O–H groups in total. The largest absolute Gasteiger partial charge is 0.366 e. The van der Waals surface area contributed by atoms with Gasteiger partial charge >= 0.3 is 0 Å². The van der Waals surface area contributed by atoms with E-state index >= 15 is 0 Å². The summed E-state index contributed by atoms with van der Waals surface area (Å²) in [5.74, 6) is -4.74. The van der Waals surface area contributed by atoms with E-state index in [0.717, 1.165) is 5.56 Å². The van der Waals surface area contributed by atoms with Crippen LogP contribution in [0.25, 0.3) is 0 Å². The molecule has 1 radical (unpaired) electrons. The van der Waals surface area contributed by atoms with E-state index in [4.69, 9.17) is 6.42 Å². The minimum absolute atomic E-state index is 0. The Hall–Kier alpha value is -1.72. The Morgan fingerprint density at radius 1 is 0.523 bits per heavy atom. The van der Waals surface area contributed by atoms with E-state index in [1.807, 2.05) is 30.3 Å². The maximum Gasteiger partial charge on any atom is 0.197 e. The fraction of sp³-hybridized carbons (Fsp3) is 0.526. The minimum Gasteiger partial charge on any atom is -0.366 e. The predicted octanol–water partition coefficient (Wildman–Crippen LogP) is 11.6. The standard InChI is InChI=1S/C18H33P.C12H6F4.C8H5.Ir/c1-4-10-16(11-5-1)19(17-12-6-2-7-13-17)18-14-8-3-9-15-18;13-9-7-5-1-2-6(4-3-5)8(7)10(14)12(16)11(9)15;1-2-8-6-4-3-5-7-8;/h16-18H,1-15H2;1-6H;3-7H;/q;;-1;. The molecular formula is C38H44F4IrP-. The van der Waals surface area contributed by atoms with Gasteiger partial charge < -0.3 is 6.42 Å². The van der Waals surface area contributed by atoms with Crippen molar-refractivity contribution in [3.05, 3.63) is 101 Å². The van der Waals surface area contributed by atoms with E-state index in [1.54, 1.807) is 101 Å². The molecule has 0 saturated heterocycles. The fourth-order valence-corrected chi connectivity index (χ4v) is 12.5. The molecule has 0 amide bonds. The van der Waals surface area contributed by atoms with E-state index in [9.17, 15) is 17.6 Å². The molecule has 44 heavy (non-hydrogen) atoms. The van der Waals surface area contributed by atoms with Gasteiger partial charge in [0.1, 0.15) is 0 Å². The van der Waals surface area contributed by atoms with Crippen molar-refractivity contribution in [2.75, 3.05) is 0 Å². The van der Waals surface area contributed by atoms with Gasteiger partial charge in [-0.2, -0.15) is 0 Å². The van der Waals surface area contributed by atoms with Crippen molar-refractivity contribution in [3.8, 4) is 5.92 Å². The monoisotopic (exact) mass is 800 g/mol. The summed E-state index contributed by atoms with van der Waals surface area (Å²) in [5.41, 5.74) is 4.24. The van der Waals surface area contributed by atoms with Crippen LogP contribution < -0.4 is 0 Å². The second-order valence-corrected chi connectivity index (χ2v) is 15.8.